The van der Waals surface area contributed by atoms with Gasteiger partial charge in [0.05, 0.1) is 19.6 Å². The van der Waals surface area contributed by atoms with Gasteiger partial charge in [-0.3, -0.25) is 4.79 Å². The molecule has 0 atom stereocenters. The summed E-state index contributed by atoms with van der Waals surface area (Å²) in [6.07, 6.45) is 13.9. The normalized spacial score (nSPS) is 11.1. The minimum atomic E-state index is -0.222. The van der Waals surface area contributed by atoms with Crippen LogP contribution in [0.1, 0.15) is 87.8 Å². The lowest BCUT2D eigenvalue weighted by molar-refractivity contribution is 0.266. The van der Waals surface area contributed by atoms with Gasteiger partial charge in [0.2, 0.25) is 16.9 Å². The third kappa shape index (κ3) is 9.91. The first-order chi connectivity index (χ1) is 24.1. The van der Waals surface area contributed by atoms with Crippen LogP contribution in [0.25, 0.3) is 22.3 Å². The quantitative estimate of drug-likeness (QED) is 0.0773. The van der Waals surface area contributed by atoms with Crippen LogP contribution in [-0.4, -0.2) is 14.2 Å². The zero-order valence-corrected chi connectivity index (χ0v) is 29.3. The lowest BCUT2D eigenvalue weighted by Gasteiger charge is -2.17. The lowest BCUT2D eigenvalue weighted by Crippen LogP contribution is -2.10. The molecule has 0 aliphatic heterocycles. The van der Waals surface area contributed by atoms with Crippen molar-refractivity contribution in [3.8, 4) is 34.3 Å². The van der Waals surface area contributed by atoms with Crippen LogP contribution >= 0.6 is 0 Å². The average molecular weight is 663 g/mol. The molecule has 4 aromatic carbocycles. The fourth-order valence-corrected chi connectivity index (χ4v) is 6.13. The van der Waals surface area contributed by atoms with Gasteiger partial charge in [-0.1, -0.05) is 131 Å². The average Bonchev–Trinajstić information content (AvgIpc) is 3.14. The van der Waals surface area contributed by atoms with E-state index in [-0.39, 0.29) is 17.8 Å². The molecule has 0 bridgehead atoms. The molecule has 5 rings (SSSR count). The zero-order valence-electron chi connectivity index (χ0n) is 29.3. The first-order valence-electron chi connectivity index (χ1n) is 17.8. The fourth-order valence-electron chi connectivity index (χ4n) is 6.13. The molecule has 0 aliphatic carbocycles. The second-order valence-electron chi connectivity index (χ2n) is 12.6. The van der Waals surface area contributed by atoms with Crippen molar-refractivity contribution in [2.45, 2.75) is 90.8 Å². The van der Waals surface area contributed by atoms with Gasteiger partial charge in [-0.2, -0.15) is 0 Å². The Morgan fingerprint density at radius 1 is 0.571 bits per heavy atom. The van der Waals surface area contributed by atoms with Crippen LogP contribution in [0.3, 0.4) is 0 Å². The Morgan fingerprint density at radius 3 is 1.65 bits per heavy atom. The maximum Gasteiger partial charge on any atom is 0.235 e. The third-order valence-corrected chi connectivity index (χ3v) is 8.91. The number of aryl methyl sites for hydroxylation is 1. The van der Waals surface area contributed by atoms with Gasteiger partial charge in [-0.15, -0.1) is 0 Å². The molecule has 1 aromatic heterocycles. The Kier molecular flexibility index (Phi) is 13.6. The maximum absolute atomic E-state index is 14.1. The Morgan fingerprint density at radius 2 is 1.10 bits per heavy atom. The number of methoxy groups -OCH3 is 2. The van der Waals surface area contributed by atoms with Crippen molar-refractivity contribution in [2.75, 3.05) is 14.2 Å². The first-order valence-corrected chi connectivity index (χ1v) is 17.8. The molecule has 258 valence electrons. The minimum absolute atomic E-state index is 0.140. The number of benzene rings is 4. The van der Waals surface area contributed by atoms with E-state index >= 15 is 0 Å². The van der Waals surface area contributed by atoms with E-state index in [4.69, 9.17) is 23.4 Å². The zero-order chi connectivity index (χ0) is 34.3. The van der Waals surface area contributed by atoms with Gasteiger partial charge in [-0.25, -0.2) is 0 Å². The van der Waals surface area contributed by atoms with Crippen molar-refractivity contribution >= 4 is 11.0 Å². The van der Waals surface area contributed by atoms with Gasteiger partial charge in [0.15, 0.2) is 17.3 Å². The van der Waals surface area contributed by atoms with E-state index in [2.05, 4.69) is 6.92 Å². The molecular formula is C43H50O6. The summed E-state index contributed by atoms with van der Waals surface area (Å²) in [5.74, 6) is 1.83. The molecule has 6 heteroatoms. The van der Waals surface area contributed by atoms with Crippen LogP contribution in [0, 0.1) is 0 Å². The van der Waals surface area contributed by atoms with E-state index in [1.807, 2.05) is 78.9 Å². The van der Waals surface area contributed by atoms with Crippen molar-refractivity contribution < 1.29 is 23.4 Å². The van der Waals surface area contributed by atoms with E-state index < -0.39 is 0 Å². The van der Waals surface area contributed by atoms with Gasteiger partial charge >= 0.3 is 0 Å². The predicted octanol–water partition coefficient (Wildman–Crippen LogP) is 11.1. The molecule has 0 N–H and O–H groups in total. The van der Waals surface area contributed by atoms with Crippen molar-refractivity contribution in [2.24, 2.45) is 0 Å². The highest BCUT2D eigenvalue weighted by molar-refractivity contribution is 5.83. The summed E-state index contributed by atoms with van der Waals surface area (Å²) in [4.78, 5) is 14.1. The Bertz CT molecular complexity index is 1770. The van der Waals surface area contributed by atoms with Gasteiger partial charge in [0.1, 0.15) is 18.8 Å². The van der Waals surface area contributed by atoms with Gasteiger partial charge in [0, 0.05) is 5.56 Å². The van der Waals surface area contributed by atoms with Gasteiger partial charge in [0.25, 0.3) is 0 Å². The predicted molar refractivity (Wildman–Crippen MR) is 198 cm³/mol. The fraction of sp³-hybridized carbons (Fsp3) is 0.372. The van der Waals surface area contributed by atoms with Gasteiger partial charge in [-0.05, 0) is 53.8 Å². The highest BCUT2D eigenvalue weighted by atomic mass is 16.5. The standard InChI is InChI=1S/C43H50O6/c1-4-5-6-7-8-9-10-11-12-15-20-32-25-26-36-37(27-32)49-41(43(40(36)44)48-31-34-23-18-14-19-24-34)35-28-38(45-2)42(39(29-35)46-3)47-30-33-21-16-13-17-22-33/h13-14,16-19,21-29H,4-12,15,20,30-31H2,1-3H3. The molecule has 0 radical (unpaired) electrons. The van der Waals surface area contributed by atoms with Crippen LogP contribution in [-0.2, 0) is 19.6 Å². The topological polar surface area (TPSA) is 67.1 Å². The molecular weight excluding hydrogens is 612 g/mol. The van der Waals surface area contributed by atoms with Crippen LogP contribution in [0.5, 0.6) is 23.0 Å². The summed E-state index contributed by atoms with van der Waals surface area (Å²) < 4.78 is 30.6. The van der Waals surface area contributed by atoms with Crippen molar-refractivity contribution in [1.82, 2.24) is 0 Å². The summed E-state index contributed by atoms with van der Waals surface area (Å²) in [5, 5.41) is 0.486. The molecule has 6 nitrogen and oxygen atoms in total. The SMILES string of the molecule is CCCCCCCCCCCCc1ccc2c(=O)c(OCc3ccccc3)c(-c3cc(OC)c(OCc4ccccc4)c(OC)c3)oc2c1. The molecule has 0 amide bonds. The van der Waals surface area contributed by atoms with Crippen molar-refractivity contribution in [1.29, 1.82) is 0 Å². The minimum Gasteiger partial charge on any atom is -0.493 e. The summed E-state index contributed by atoms with van der Waals surface area (Å²) in [6, 6.07) is 29.2. The summed E-state index contributed by atoms with van der Waals surface area (Å²) >= 11 is 0. The molecule has 0 spiro atoms. The molecule has 0 aliphatic rings. The second-order valence-corrected chi connectivity index (χ2v) is 12.6. The molecule has 0 saturated carbocycles. The Labute approximate surface area is 291 Å². The van der Waals surface area contributed by atoms with Gasteiger partial charge < -0.3 is 23.4 Å². The van der Waals surface area contributed by atoms with Crippen LogP contribution in [0.4, 0.5) is 0 Å². The second kappa shape index (κ2) is 18.7. The number of hydrogen-bond acceptors (Lipinski definition) is 6. The van der Waals surface area contributed by atoms with Crippen LogP contribution < -0.4 is 24.4 Å². The monoisotopic (exact) mass is 662 g/mol. The van der Waals surface area contributed by atoms with E-state index in [1.54, 1.807) is 26.4 Å². The van der Waals surface area contributed by atoms with E-state index in [0.717, 1.165) is 29.5 Å². The highest BCUT2D eigenvalue weighted by Crippen LogP contribution is 2.44. The summed E-state index contributed by atoms with van der Waals surface area (Å²) in [7, 11) is 3.16. The van der Waals surface area contributed by atoms with Crippen LogP contribution in [0.2, 0.25) is 0 Å². The van der Waals surface area contributed by atoms with Crippen molar-refractivity contribution in [3.05, 3.63) is 118 Å². The third-order valence-electron chi connectivity index (χ3n) is 8.91. The number of unbranched alkanes of at least 4 members (excludes halogenated alkanes) is 9. The van der Waals surface area contributed by atoms with Crippen LogP contribution in [0.15, 0.2) is 100 Å². The van der Waals surface area contributed by atoms with E-state index in [1.165, 1.54) is 57.8 Å². The molecule has 0 saturated heterocycles. The molecule has 49 heavy (non-hydrogen) atoms. The number of ether oxygens (including phenoxy) is 4. The van der Waals surface area contributed by atoms with Crippen molar-refractivity contribution in [3.63, 3.8) is 0 Å². The number of hydrogen-bond donors (Lipinski definition) is 0. The number of rotatable bonds is 20. The molecule has 0 unspecified atom stereocenters. The Balaban J connectivity index is 1.40. The summed E-state index contributed by atoms with van der Waals surface area (Å²) in [6.45, 7) is 2.82. The Hall–Kier alpha value is -4.71. The first kappa shape index (κ1) is 35.6. The molecule has 1 heterocycles. The largest absolute Gasteiger partial charge is 0.493 e. The maximum atomic E-state index is 14.1. The van der Waals surface area contributed by atoms with E-state index in [0.29, 0.717) is 46.1 Å². The smallest absolute Gasteiger partial charge is 0.235 e. The summed E-state index contributed by atoms with van der Waals surface area (Å²) in [5.41, 5.74) is 4.00. The molecule has 5 aromatic rings. The molecule has 0 fully saturated rings. The lowest BCUT2D eigenvalue weighted by atomic mass is 10.0. The number of fused-ring (bicyclic) bond motifs is 1. The highest BCUT2D eigenvalue weighted by Gasteiger charge is 2.23. The van der Waals surface area contributed by atoms with E-state index in [9.17, 15) is 4.79 Å².